The van der Waals surface area contributed by atoms with Gasteiger partial charge in [-0.05, 0) is 62.6 Å². The minimum Gasteiger partial charge on any atom is -0.463 e. The van der Waals surface area contributed by atoms with Gasteiger partial charge >= 0.3 is 5.97 Å². The normalized spacial score (nSPS) is 15.6. The van der Waals surface area contributed by atoms with Crippen molar-refractivity contribution in [3.63, 3.8) is 0 Å². The van der Waals surface area contributed by atoms with Crippen LogP contribution in [0.2, 0.25) is 0 Å². The van der Waals surface area contributed by atoms with Gasteiger partial charge < -0.3 is 4.74 Å². The number of aryl methyl sites for hydroxylation is 2. The summed E-state index contributed by atoms with van der Waals surface area (Å²) in [4.78, 5) is 12.3. The van der Waals surface area contributed by atoms with Gasteiger partial charge in [0.25, 0.3) is 10.0 Å². The first kappa shape index (κ1) is 22.8. The molecule has 0 bridgehead atoms. The van der Waals surface area contributed by atoms with Crippen LogP contribution in [0.25, 0.3) is 11.1 Å². The molecule has 3 aromatic rings. The molecule has 4 rings (SSSR count). The zero-order valence-electron chi connectivity index (χ0n) is 19.0. The summed E-state index contributed by atoms with van der Waals surface area (Å²) in [5.74, 6) is -0.494. The highest BCUT2D eigenvalue weighted by molar-refractivity contribution is 7.92. The van der Waals surface area contributed by atoms with Crippen molar-refractivity contribution < 1.29 is 17.9 Å². The molecule has 0 radical (unpaired) electrons. The lowest BCUT2D eigenvalue weighted by Gasteiger charge is -2.31. The number of rotatable bonds is 5. The lowest BCUT2D eigenvalue weighted by atomic mass is 9.96. The fourth-order valence-electron chi connectivity index (χ4n) is 4.16. The molecule has 0 aliphatic carbocycles. The minimum absolute atomic E-state index is 0.208. The fourth-order valence-corrected chi connectivity index (χ4v) is 5.79. The molecular formula is C27H27NO4S. The second kappa shape index (κ2) is 9.24. The number of sulfonamides is 1. The average Bonchev–Trinajstić information content (AvgIpc) is 2.92. The van der Waals surface area contributed by atoms with Crippen molar-refractivity contribution in [1.82, 2.24) is 0 Å². The first-order valence-electron chi connectivity index (χ1n) is 11.0. The van der Waals surface area contributed by atoms with E-state index < -0.39 is 22.0 Å². The number of anilines is 1. The Bertz CT molecular complexity index is 1310. The molecule has 1 aliphatic heterocycles. The van der Waals surface area contributed by atoms with Crippen LogP contribution in [0.4, 0.5) is 5.69 Å². The van der Waals surface area contributed by atoms with Gasteiger partial charge in [-0.25, -0.2) is 13.2 Å². The second-order valence-electron chi connectivity index (χ2n) is 8.17. The molecule has 33 heavy (non-hydrogen) atoms. The molecule has 1 aliphatic rings. The number of esters is 1. The van der Waals surface area contributed by atoms with Crippen molar-refractivity contribution in [2.45, 2.75) is 38.1 Å². The third-order valence-corrected chi connectivity index (χ3v) is 7.60. The van der Waals surface area contributed by atoms with Gasteiger partial charge in [0.05, 0.1) is 23.2 Å². The van der Waals surface area contributed by atoms with Crippen LogP contribution in [0.5, 0.6) is 0 Å². The minimum atomic E-state index is -3.93. The number of hydrogen-bond donors (Lipinski definition) is 0. The standard InChI is InChI=1S/C27H27NO4S/c1-4-32-27(29)16-12-22-18-21-7-5-6-8-24(21)25-17-20(3)11-15-26(25)28(22)33(30,31)23-13-9-19(2)10-14-23/h5-17,22H,4,18H2,1-3H3/b16-12+. The Morgan fingerprint density at radius 3 is 2.42 bits per heavy atom. The molecule has 0 aromatic heterocycles. The number of hydrogen-bond acceptors (Lipinski definition) is 4. The number of carbonyl (C=O) groups is 1. The van der Waals surface area contributed by atoms with Crippen LogP contribution in [0.15, 0.2) is 83.8 Å². The average molecular weight is 462 g/mol. The largest absolute Gasteiger partial charge is 0.463 e. The van der Waals surface area contributed by atoms with E-state index in [0.29, 0.717) is 12.1 Å². The molecule has 0 N–H and O–H groups in total. The molecule has 0 saturated heterocycles. The Morgan fingerprint density at radius 1 is 1.00 bits per heavy atom. The lowest BCUT2D eigenvalue weighted by molar-refractivity contribution is -0.137. The van der Waals surface area contributed by atoms with Crippen molar-refractivity contribution in [2.24, 2.45) is 0 Å². The SMILES string of the molecule is CCOC(=O)/C=C/C1Cc2ccccc2-c2cc(C)ccc2N1S(=O)(=O)c1ccc(C)cc1. The third kappa shape index (κ3) is 4.57. The molecule has 0 spiro atoms. The predicted octanol–water partition coefficient (Wildman–Crippen LogP) is 5.21. The Hall–Kier alpha value is -3.38. The van der Waals surface area contributed by atoms with Crippen LogP contribution in [0.1, 0.15) is 23.6 Å². The molecule has 0 saturated carbocycles. The lowest BCUT2D eigenvalue weighted by Crippen LogP contribution is -2.40. The van der Waals surface area contributed by atoms with Crippen LogP contribution < -0.4 is 4.31 Å². The van der Waals surface area contributed by atoms with Gasteiger partial charge in [-0.3, -0.25) is 4.31 Å². The third-order valence-electron chi connectivity index (χ3n) is 5.75. The summed E-state index contributed by atoms with van der Waals surface area (Å²) in [7, 11) is -3.93. The summed E-state index contributed by atoms with van der Waals surface area (Å²) >= 11 is 0. The van der Waals surface area contributed by atoms with Crippen molar-refractivity contribution in [3.05, 3.63) is 95.6 Å². The van der Waals surface area contributed by atoms with Crippen LogP contribution in [-0.2, 0) is 26.0 Å². The number of fused-ring (bicyclic) bond motifs is 3. The zero-order valence-corrected chi connectivity index (χ0v) is 19.8. The Morgan fingerprint density at radius 2 is 1.70 bits per heavy atom. The predicted molar refractivity (Wildman–Crippen MR) is 131 cm³/mol. The number of benzene rings is 3. The summed E-state index contributed by atoms with van der Waals surface area (Å²) < 4.78 is 34.5. The molecule has 0 fully saturated rings. The molecule has 3 aromatic carbocycles. The van der Waals surface area contributed by atoms with Gasteiger partial charge in [-0.2, -0.15) is 0 Å². The molecule has 1 heterocycles. The topological polar surface area (TPSA) is 63.7 Å². The molecule has 1 atom stereocenters. The summed E-state index contributed by atoms with van der Waals surface area (Å²) in [6.07, 6.45) is 3.38. The maximum Gasteiger partial charge on any atom is 0.330 e. The molecule has 0 amide bonds. The number of nitrogens with zero attached hydrogens (tertiary/aromatic N) is 1. The Labute approximate surface area is 195 Å². The molecule has 6 heteroatoms. The molecule has 1 unspecified atom stereocenters. The summed E-state index contributed by atoms with van der Waals surface area (Å²) in [6, 6.07) is 19.9. The van der Waals surface area contributed by atoms with Crippen LogP contribution in [0, 0.1) is 13.8 Å². The van der Waals surface area contributed by atoms with E-state index >= 15 is 0 Å². The maximum absolute atomic E-state index is 14.0. The summed E-state index contributed by atoms with van der Waals surface area (Å²) in [5.41, 5.74) is 5.47. The van der Waals surface area contributed by atoms with Crippen molar-refractivity contribution in [2.75, 3.05) is 10.9 Å². The van der Waals surface area contributed by atoms with E-state index in [1.807, 2.05) is 56.3 Å². The Balaban J connectivity index is 1.95. The van der Waals surface area contributed by atoms with Crippen molar-refractivity contribution >= 4 is 21.7 Å². The van der Waals surface area contributed by atoms with E-state index in [0.717, 1.165) is 27.8 Å². The van der Waals surface area contributed by atoms with Gasteiger partial charge in [-0.1, -0.05) is 59.7 Å². The van der Waals surface area contributed by atoms with E-state index in [2.05, 4.69) is 0 Å². The summed E-state index contributed by atoms with van der Waals surface area (Å²) in [6.45, 7) is 5.90. The van der Waals surface area contributed by atoms with E-state index in [1.54, 1.807) is 37.3 Å². The van der Waals surface area contributed by atoms with E-state index in [1.165, 1.54) is 10.4 Å². The maximum atomic E-state index is 14.0. The monoisotopic (exact) mass is 461 g/mol. The smallest absolute Gasteiger partial charge is 0.330 e. The van der Waals surface area contributed by atoms with Gasteiger partial charge in [0, 0.05) is 11.6 Å². The molecule has 5 nitrogen and oxygen atoms in total. The van der Waals surface area contributed by atoms with Crippen LogP contribution in [0.3, 0.4) is 0 Å². The highest BCUT2D eigenvalue weighted by Gasteiger charge is 2.35. The van der Waals surface area contributed by atoms with E-state index in [4.69, 9.17) is 4.74 Å². The van der Waals surface area contributed by atoms with Crippen LogP contribution >= 0.6 is 0 Å². The fraction of sp³-hybridized carbons (Fsp3) is 0.222. The van der Waals surface area contributed by atoms with Gasteiger partial charge in [0.15, 0.2) is 0 Å². The second-order valence-corrected chi connectivity index (χ2v) is 9.99. The first-order chi connectivity index (χ1) is 15.8. The molecule has 170 valence electrons. The highest BCUT2D eigenvalue weighted by Crippen LogP contribution is 2.41. The summed E-state index contributed by atoms with van der Waals surface area (Å²) in [5, 5.41) is 0. The van der Waals surface area contributed by atoms with Crippen LogP contribution in [-0.4, -0.2) is 27.0 Å². The van der Waals surface area contributed by atoms with E-state index in [9.17, 15) is 13.2 Å². The van der Waals surface area contributed by atoms with Gasteiger partial charge in [0.1, 0.15) is 0 Å². The Kier molecular flexibility index (Phi) is 6.38. The highest BCUT2D eigenvalue weighted by atomic mass is 32.2. The number of ether oxygens (including phenoxy) is 1. The molecular weight excluding hydrogens is 434 g/mol. The van der Waals surface area contributed by atoms with Gasteiger partial charge in [-0.15, -0.1) is 0 Å². The van der Waals surface area contributed by atoms with E-state index in [-0.39, 0.29) is 11.5 Å². The first-order valence-corrected chi connectivity index (χ1v) is 12.4. The van der Waals surface area contributed by atoms with Crippen molar-refractivity contribution in [1.29, 1.82) is 0 Å². The zero-order chi connectivity index (χ0) is 23.6. The quantitative estimate of drug-likeness (QED) is 0.387. The van der Waals surface area contributed by atoms with Gasteiger partial charge in [0.2, 0.25) is 0 Å². The van der Waals surface area contributed by atoms with Crippen molar-refractivity contribution in [3.8, 4) is 11.1 Å². The number of carbonyl (C=O) groups excluding carboxylic acids is 1.